The summed E-state index contributed by atoms with van der Waals surface area (Å²) >= 11 is 1.72. The number of nitrogens with two attached hydrogens (primary N) is 1. The van der Waals surface area contributed by atoms with E-state index in [1.807, 2.05) is 6.07 Å². The summed E-state index contributed by atoms with van der Waals surface area (Å²) in [5.41, 5.74) is 9.11. The number of thioether (sulfide) groups is 1. The predicted molar refractivity (Wildman–Crippen MR) is 76.3 cm³/mol. The van der Waals surface area contributed by atoms with Gasteiger partial charge in [0.05, 0.1) is 5.69 Å². The Kier molecular flexibility index (Phi) is 3.92. The zero-order chi connectivity index (χ0) is 13.1. The average molecular weight is 261 g/mol. The van der Waals surface area contributed by atoms with Crippen molar-refractivity contribution in [2.45, 2.75) is 24.5 Å². The molecule has 0 aliphatic carbocycles. The van der Waals surface area contributed by atoms with Crippen LogP contribution in [0.2, 0.25) is 0 Å². The highest BCUT2D eigenvalue weighted by molar-refractivity contribution is 7.98. The highest BCUT2D eigenvalue weighted by Gasteiger charge is 2.03. The molecule has 2 rings (SSSR count). The van der Waals surface area contributed by atoms with E-state index < -0.39 is 0 Å². The van der Waals surface area contributed by atoms with Gasteiger partial charge in [-0.25, -0.2) is 4.39 Å². The van der Waals surface area contributed by atoms with Crippen LogP contribution in [0.25, 0.3) is 0 Å². The molecule has 2 aromatic rings. The lowest BCUT2D eigenvalue weighted by molar-refractivity contribution is 0.631. The molecule has 0 unspecified atom stereocenters. The minimum Gasteiger partial charge on any atom is -0.396 e. The molecule has 2 aromatic carbocycles. The molecule has 0 amide bonds. The van der Waals surface area contributed by atoms with Crippen molar-refractivity contribution in [2.24, 2.45) is 0 Å². The zero-order valence-corrected chi connectivity index (χ0v) is 11.4. The Morgan fingerprint density at radius 3 is 2.61 bits per heavy atom. The lowest BCUT2D eigenvalue weighted by Gasteiger charge is -2.07. The van der Waals surface area contributed by atoms with E-state index >= 15 is 0 Å². The normalized spacial score (nSPS) is 10.6. The van der Waals surface area contributed by atoms with Gasteiger partial charge in [0.1, 0.15) is 5.82 Å². The molecule has 0 saturated heterocycles. The van der Waals surface area contributed by atoms with Crippen molar-refractivity contribution in [3.63, 3.8) is 0 Å². The zero-order valence-electron chi connectivity index (χ0n) is 10.5. The highest BCUT2D eigenvalue weighted by Crippen LogP contribution is 2.27. The third kappa shape index (κ3) is 3.05. The van der Waals surface area contributed by atoms with Crippen LogP contribution in [-0.2, 0) is 5.75 Å². The molecule has 1 nitrogen and oxygen atoms in total. The van der Waals surface area contributed by atoms with Crippen molar-refractivity contribution in [2.75, 3.05) is 5.73 Å². The molecule has 0 bridgehead atoms. The molecule has 0 aliphatic rings. The molecule has 0 fully saturated rings. The summed E-state index contributed by atoms with van der Waals surface area (Å²) in [5.74, 6) is 0.413. The fourth-order valence-corrected chi connectivity index (χ4v) is 2.75. The third-order valence-corrected chi connectivity index (χ3v) is 4.03. The van der Waals surface area contributed by atoms with Gasteiger partial charge in [-0.1, -0.05) is 23.8 Å². The monoisotopic (exact) mass is 261 g/mol. The SMILES string of the molecule is Cc1ccc(C)c(SCc2ccc(N)c(F)c2)c1. The maximum Gasteiger partial charge on any atom is 0.146 e. The molecule has 0 spiro atoms. The van der Waals surface area contributed by atoms with Crippen molar-refractivity contribution in [1.29, 1.82) is 0 Å². The fourth-order valence-electron chi connectivity index (χ4n) is 1.68. The Balaban J connectivity index is 2.11. The van der Waals surface area contributed by atoms with Crippen LogP contribution in [0.4, 0.5) is 10.1 Å². The quantitative estimate of drug-likeness (QED) is 0.658. The van der Waals surface area contributed by atoms with Gasteiger partial charge in [-0.05, 0) is 43.2 Å². The molecule has 18 heavy (non-hydrogen) atoms. The summed E-state index contributed by atoms with van der Waals surface area (Å²) in [6, 6.07) is 11.4. The second-order valence-corrected chi connectivity index (χ2v) is 5.43. The van der Waals surface area contributed by atoms with Crippen molar-refractivity contribution in [3.05, 3.63) is 58.9 Å². The van der Waals surface area contributed by atoms with Gasteiger partial charge in [-0.15, -0.1) is 11.8 Å². The Morgan fingerprint density at radius 1 is 1.11 bits per heavy atom. The van der Waals surface area contributed by atoms with Crippen LogP contribution < -0.4 is 5.73 Å². The number of aryl methyl sites for hydroxylation is 2. The van der Waals surface area contributed by atoms with Crippen LogP contribution in [0.15, 0.2) is 41.3 Å². The largest absolute Gasteiger partial charge is 0.396 e. The van der Waals surface area contributed by atoms with Gasteiger partial charge in [-0.2, -0.15) is 0 Å². The summed E-state index contributed by atoms with van der Waals surface area (Å²) in [7, 11) is 0. The molecular weight excluding hydrogens is 245 g/mol. The lowest BCUT2D eigenvalue weighted by Crippen LogP contribution is -1.92. The number of nitrogen functional groups attached to an aromatic ring is 1. The van der Waals surface area contributed by atoms with E-state index in [0.29, 0.717) is 0 Å². The van der Waals surface area contributed by atoms with Crippen molar-refractivity contribution in [1.82, 2.24) is 0 Å². The Labute approximate surface area is 111 Å². The molecule has 0 heterocycles. The summed E-state index contributed by atoms with van der Waals surface area (Å²) < 4.78 is 13.3. The Morgan fingerprint density at radius 2 is 1.89 bits per heavy atom. The smallest absolute Gasteiger partial charge is 0.146 e. The van der Waals surface area contributed by atoms with E-state index in [1.54, 1.807) is 17.8 Å². The minimum atomic E-state index is -0.339. The maximum atomic E-state index is 13.3. The standard InChI is InChI=1S/C15H16FNS/c1-10-3-4-11(2)15(7-10)18-9-12-5-6-14(17)13(16)8-12/h3-8H,9,17H2,1-2H3. The number of anilines is 1. The Hall–Kier alpha value is -1.48. The molecule has 0 saturated carbocycles. The van der Waals surface area contributed by atoms with Crippen molar-refractivity contribution in [3.8, 4) is 0 Å². The molecule has 0 aromatic heterocycles. The first kappa shape index (κ1) is 13.0. The molecular formula is C15H16FNS. The van der Waals surface area contributed by atoms with Gasteiger partial charge in [0, 0.05) is 10.6 Å². The van der Waals surface area contributed by atoms with Crippen LogP contribution in [0.1, 0.15) is 16.7 Å². The van der Waals surface area contributed by atoms with E-state index in [4.69, 9.17) is 5.73 Å². The lowest BCUT2D eigenvalue weighted by atomic mass is 10.2. The number of hydrogen-bond donors (Lipinski definition) is 1. The van der Waals surface area contributed by atoms with Gasteiger partial charge in [0.15, 0.2) is 0 Å². The second kappa shape index (κ2) is 5.44. The molecule has 94 valence electrons. The Bertz CT molecular complexity index is 566. The molecule has 0 radical (unpaired) electrons. The summed E-state index contributed by atoms with van der Waals surface area (Å²) in [6.07, 6.45) is 0. The van der Waals surface area contributed by atoms with Gasteiger partial charge in [0.2, 0.25) is 0 Å². The van der Waals surface area contributed by atoms with E-state index in [2.05, 4.69) is 32.0 Å². The van der Waals surface area contributed by atoms with Gasteiger partial charge in [0.25, 0.3) is 0 Å². The van der Waals surface area contributed by atoms with Crippen molar-refractivity contribution >= 4 is 17.4 Å². The number of halogens is 1. The van der Waals surface area contributed by atoms with Gasteiger partial charge < -0.3 is 5.73 Å². The van der Waals surface area contributed by atoms with E-state index in [-0.39, 0.29) is 11.5 Å². The van der Waals surface area contributed by atoms with E-state index in [0.717, 1.165) is 11.3 Å². The van der Waals surface area contributed by atoms with Crippen molar-refractivity contribution < 1.29 is 4.39 Å². The topological polar surface area (TPSA) is 26.0 Å². The molecule has 0 atom stereocenters. The first-order valence-corrected chi connectivity index (χ1v) is 6.79. The molecule has 3 heteroatoms. The number of hydrogen-bond acceptors (Lipinski definition) is 2. The third-order valence-electron chi connectivity index (χ3n) is 2.80. The fraction of sp³-hybridized carbons (Fsp3) is 0.200. The summed E-state index contributed by atoms with van der Waals surface area (Å²) in [4.78, 5) is 1.24. The average Bonchev–Trinajstić information content (AvgIpc) is 2.34. The highest BCUT2D eigenvalue weighted by atomic mass is 32.2. The maximum absolute atomic E-state index is 13.3. The summed E-state index contributed by atoms with van der Waals surface area (Å²) in [5, 5.41) is 0. The second-order valence-electron chi connectivity index (χ2n) is 4.41. The van der Waals surface area contributed by atoms with E-state index in [9.17, 15) is 4.39 Å². The van der Waals surface area contributed by atoms with Crippen LogP contribution >= 0.6 is 11.8 Å². The first-order chi connectivity index (χ1) is 8.56. The number of benzene rings is 2. The van der Waals surface area contributed by atoms with Crippen LogP contribution in [-0.4, -0.2) is 0 Å². The van der Waals surface area contributed by atoms with Gasteiger partial charge in [-0.3, -0.25) is 0 Å². The van der Waals surface area contributed by atoms with Crippen LogP contribution in [0.5, 0.6) is 0 Å². The molecule has 2 N–H and O–H groups in total. The minimum absolute atomic E-state index is 0.204. The predicted octanol–water partition coefficient (Wildman–Crippen LogP) is 4.32. The molecule has 0 aliphatic heterocycles. The van der Waals surface area contributed by atoms with Crippen LogP contribution in [0, 0.1) is 19.7 Å². The first-order valence-electron chi connectivity index (χ1n) is 5.80. The van der Waals surface area contributed by atoms with Gasteiger partial charge >= 0.3 is 0 Å². The number of rotatable bonds is 3. The summed E-state index contributed by atoms with van der Waals surface area (Å²) in [6.45, 7) is 4.16. The van der Waals surface area contributed by atoms with Crippen LogP contribution in [0.3, 0.4) is 0 Å². The van der Waals surface area contributed by atoms with E-state index in [1.165, 1.54) is 22.1 Å².